The van der Waals surface area contributed by atoms with E-state index in [1.54, 1.807) is 12.4 Å². The van der Waals surface area contributed by atoms with Gasteiger partial charge in [0.15, 0.2) is 0 Å². The molecule has 0 aliphatic rings. The molecule has 0 aliphatic carbocycles. The Morgan fingerprint density at radius 2 is 2.06 bits per heavy atom. The van der Waals surface area contributed by atoms with E-state index in [2.05, 4.69) is 33.7 Å². The summed E-state index contributed by atoms with van der Waals surface area (Å²) in [4.78, 5) is 5.19. The quantitative estimate of drug-likeness (QED) is 0.882. The third kappa shape index (κ3) is 3.31. The molecule has 0 spiro atoms. The third-order valence-corrected chi connectivity index (χ3v) is 3.07. The molecule has 0 radical (unpaired) electrons. The van der Waals surface area contributed by atoms with Crippen molar-refractivity contribution in [2.24, 2.45) is 5.92 Å². The third-order valence-electron chi connectivity index (χ3n) is 2.35. The minimum Gasteiger partial charge on any atom is -0.311 e. The van der Waals surface area contributed by atoms with Crippen LogP contribution in [0.2, 0.25) is 0 Å². The second kappa shape index (κ2) is 5.84. The number of nitrogens with one attached hydrogen (secondary N) is 1. The van der Waals surface area contributed by atoms with Gasteiger partial charge >= 0.3 is 0 Å². The highest BCUT2D eigenvalue weighted by Gasteiger charge is 2.09. The molecule has 0 unspecified atom stereocenters. The summed E-state index contributed by atoms with van der Waals surface area (Å²) in [6, 6.07) is 3.92. The first-order valence-corrected chi connectivity index (χ1v) is 6.47. The van der Waals surface area contributed by atoms with Gasteiger partial charge in [0.1, 0.15) is 5.69 Å². The van der Waals surface area contributed by atoms with Crippen LogP contribution in [0.25, 0.3) is 11.3 Å². The largest absolute Gasteiger partial charge is 0.311 e. The Morgan fingerprint density at radius 3 is 2.76 bits per heavy atom. The highest BCUT2D eigenvalue weighted by atomic mass is 32.1. The van der Waals surface area contributed by atoms with Gasteiger partial charge in [0, 0.05) is 24.5 Å². The zero-order valence-corrected chi connectivity index (χ0v) is 10.9. The molecule has 90 valence electrons. The molecule has 2 aromatic heterocycles. The summed E-state index contributed by atoms with van der Waals surface area (Å²) < 4.78 is 4.03. The average Bonchev–Trinajstić information content (AvgIpc) is 2.78. The lowest BCUT2D eigenvalue weighted by atomic mass is 10.2. The second-order valence-electron chi connectivity index (χ2n) is 4.31. The lowest BCUT2D eigenvalue weighted by Gasteiger charge is -2.06. The van der Waals surface area contributed by atoms with Gasteiger partial charge in [0.25, 0.3) is 0 Å². The van der Waals surface area contributed by atoms with Crippen molar-refractivity contribution in [2.45, 2.75) is 20.4 Å². The average molecular weight is 248 g/mol. The summed E-state index contributed by atoms with van der Waals surface area (Å²) in [7, 11) is 0. The Balaban J connectivity index is 2.07. The molecule has 17 heavy (non-hydrogen) atoms. The van der Waals surface area contributed by atoms with E-state index in [0.29, 0.717) is 5.92 Å². The molecular weight excluding hydrogens is 232 g/mol. The van der Waals surface area contributed by atoms with Crippen LogP contribution in [-0.4, -0.2) is 21.1 Å². The molecule has 2 rings (SSSR count). The van der Waals surface area contributed by atoms with Gasteiger partial charge in [-0.05, 0) is 36.1 Å². The number of hydrogen-bond acceptors (Lipinski definition) is 5. The molecule has 1 N–H and O–H groups in total. The van der Waals surface area contributed by atoms with Crippen LogP contribution in [0.3, 0.4) is 0 Å². The maximum atomic E-state index is 4.18. The summed E-state index contributed by atoms with van der Waals surface area (Å²) in [5.74, 6) is 0.653. The van der Waals surface area contributed by atoms with Gasteiger partial charge in [-0.1, -0.05) is 18.3 Å². The van der Waals surface area contributed by atoms with E-state index in [0.717, 1.165) is 24.3 Å². The van der Waals surface area contributed by atoms with Crippen molar-refractivity contribution in [1.29, 1.82) is 0 Å². The highest BCUT2D eigenvalue weighted by molar-refractivity contribution is 7.05. The van der Waals surface area contributed by atoms with Crippen LogP contribution < -0.4 is 5.32 Å². The van der Waals surface area contributed by atoms with E-state index in [1.165, 1.54) is 16.4 Å². The Morgan fingerprint density at radius 1 is 1.29 bits per heavy atom. The zero-order valence-electron chi connectivity index (χ0n) is 10.1. The smallest absolute Gasteiger partial charge is 0.110 e. The molecule has 0 aromatic carbocycles. The number of nitrogens with zero attached hydrogens (tertiary/aromatic N) is 3. The monoisotopic (exact) mass is 248 g/mol. The normalized spacial score (nSPS) is 11.0. The summed E-state index contributed by atoms with van der Waals surface area (Å²) in [5.41, 5.74) is 2.05. The van der Waals surface area contributed by atoms with E-state index < -0.39 is 0 Å². The number of pyridine rings is 1. The first-order valence-electron chi connectivity index (χ1n) is 5.69. The molecular formula is C12H16N4S. The van der Waals surface area contributed by atoms with Gasteiger partial charge in [0.05, 0.1) is 4.88 Å². The maximum Gasteiger partial charge on any atom is 0.110 e. The van der Waals surface area contributed by atoms with Crippen LogP contribution in [0.5, 0.6) is 0 Å². The Kier molecular flexibility index (Phi) is 4.17. The Bertz CT molecular complexity index is 453. The van der Waals surface area contributed by atoms with Crippen molar-refractivity contribution in [3.63, 3.8) is 0 Å². The first-order chi connectivity index (χ1) is 8.27. The van der Waals surface area contributed by atoms with Crippen LogP contribution in [-0.2, 0) is 6.54 Å². The fraction of sp³-hybridized carbons (Fsp3) is 0.417. The van der Waals surface area contributed by atoms with Crippen LogP contribution >= 0.6 is 11.5 Å². The molecule has 0 saturated carbocycles. The first kappa shape index (κ1) is 12.1. The minimum absolute atomic E-state index is 0.653. The van der Waals surface area contributed by atoms with Crippen LogP contribution in [0.15, 0.2) is 24.5 Å². The van der Waals surface area contributed by atoms with E-state index in [9.17, 15) is 0 Å². The molecule has 2 aromatic rings. The van der Waals surface area contributed by atoms with Gasteiger partial charge < -0.3 is 5.32 Å². The molecule has 0 aliphatic heterocycles. The van der Waals surface area contributed by atoms with E-state index in [4.69, 9.17) is 0 Å². The van der Waals surface area contributed by atoms with E-state index >= 15 is 0 Å². The predicted molar refractivity (Wildman–Crippen MR) is 69.7 cm³/mol. The van der Waals surface area contributed by atoms with Gasteiger partial charge in [0.2, 0.25) is 0 Å². The van der Waals surface area contributed by atoms with Crippen molar-refractivity contribution in [2.75, 3.05) is 6.54 Å². The number of aromatic nitrogens is 3. The maximum absolute atomic E-state index is 4.18. The van der Waals surface area contributed by atoms with Crippen molar-refractivity contribution in [1.82, 2.24) is 19.9 Å². The minimum atomic E-state index is 0.653. The van der Waals surface area contributed by atoms with Crippen molar-refractivity contribution in [3.05, 3.63) is 29.4 Å². The lowest BCUT2D eigenvalue weighted by Crippen LogP contribution is -2.18. The molecule has 0 saturated heterocycles. The van der Waals surface area contributed by atoms with Gasteiger partial charge in [-0.25, -0.2) is 0 Å². The summed E-state index contributed by atoms with van der Waals surface area (Å²) in [6.45, 7) is 6.23. The molecule has 0 bridgehead atoms. The molecule has 0 fully saturated rings. The summed E-state index contributed by atoms with van der Waals surface area (Å²) in [6.07, 6.45) is 3.56. The van der Waals surface area contributed by atoms with Gasteiger partial charge in [-0.2, -0.15) is 0 Å². The van der Waals surface area contributed by atoms with Gasteiger partial charge in [-0.3, -0.25) is 4.98 Å². The molecule has 0 atom stereocenters. The van der Waals surface area contributed by atoms with E-state index in [1.807, 2.05) is 12.1 Å². The van der Waals surface area contributed by atoms with E-state index in [-0.39, 0.29) is 0 Å². The molecule has 5 heteroatoms. The topological polar surface area (TPSA) is 50.7 Å². The standard InChI is InChI=1S/C12H16N4S/c1-9(2)7-14-8-11-12(15-16-17-11)10-3-5-13-6-4-10/h3-6,9,14H,7-8H2,1-2H3. The Hall–Kier alpha value is -1.33. The van der Waals surface area contributed by atoms with Gasteiger partial charge in [-0.15, -0.1) is 5.10 Å². The highest BCUT2D eigenvalue weighted by Crippen LogP contribution is 2.22. The van der Waals surface area contributed by atoms with Crippen molar-refractivity contribution < 1.29 is 0 Å². The van der Waals surface area contributed by atoms with Crippen LogP contribution in [0.1, 0.15) is 18.7 Å². The van der Waals surface area contributed by atoms with Crippen molar-refractivity contribution >= 4 is 11.5 Å². The predicted octanol–water partition coefficient (Wildman–Crippen LogP) is 2.35. The fourth-order valence-electron chi connectivity index (χ4n) is 1.53. The van der Waals surface area contributed by atoms with Crippen molar-refractivity contribution in [3.8, 4) is 11.3 Å². The molecule has 2 heterocycles. The zero-order chi connectivity index (χ0) is 12.1. The Labute approximate surface area is 105 Å². The summed E-state index contributed by atoms with van der Waals surface area (Å²) in [5, 5.41) is 7.60. The number of rotatable bonds is 5. The summed E-state index contributed by atoms with van der Waals surface area (Å²) >= 11 is 1.45. The van der Waals surface area contributed by atoms with Crippen LogP contribution in [0.4, 0.5) is 0 Å². The lowest BCUT2D eigenvalue weighted by molar-refractivity contribution is 0.555. The molecule has 0 amide bonds. The SMILES string of the molecule is CC(C)CNCc1snnc1-c1ccncc1. The number of hydrogen-bond donors (Lipinski definition) is 1. The second-order valence-corrected chi connectivity index (χ2v) is 5.14. The van der Waals surface area contributed by atoms with Crippen LogP contribution in [0, 0.1) is 5.92 Å². The fourth-order valence-corrected chi connectivity index (χ4v) is 2.16. The molecule has 4 nitrogen and oxygen atoms in total.